The van der Waals surface area contributed by atoms with Gasteiger partial charge in [-0.1, -0.05) is 0 Å². The summed E-state index contributed by atoms with van der Waals surface area (Å²) in [5.74, 6) is -0.0416. The van der Waals surface area contributed by atoms with E-state index < -0.39 is 5.97 Å². The van der Waals surface area contributed by atoms with Crippen molar-refractivity contribution in [3.63, 3.8) is 0 Å². The highest BCUT2D eigenvalue weighted by Crippen LogP contribution is 2.25. The molecule has 0 unspecified atom stereocenters. The summed E-state index contributed by atoms with van der Waals surface area (Å²) in [6.07, 6.45) is 1.32. The second kappa shape index (κ2) is 5.06. The van der Waals surface area contributed by atoms with Gasteiger partial charge in [-0.2, -0.15) is 0 Å². The van der Waals surface area contributed by atoms with Gasteiger partial charge in [0.05, 0.1) is 14.2 Å². The molecule has 86 valence electrons. The van der Waals surface area contributed by atoms with Crippen LogP contribution in [0.3, 0.4) is 0 Å². The molecule has 1 rings (SSSR count). The van der Waals surface area contributed by atoms with Crippen LogP contribution in [-0.4, -0.2) is 25.3 Å². The van der Waals surface area contributed by atoms with Crippen molar-refractivity contribution in [1.29, 1.82) is 0 Å². The van der Waals surface area contributed by atoms with E-state index in [0.29, 0.717) is 17.1 Å². The number of carboxylic acid groups (broad SMARTS) is 1. The molecule has 0 radical (unpaired) electrons. The topological polar surface area (TPSA) is 81.8 Å². The van der Waals surface area contributed by atoms with Crippen molar-refractivity contribution >= 4 is 12.0 Å². The van der Waals surface area contributed by atoms with Crippen molar-refractivity contribution in [3.05, 3.63) is 29.5 Å². The van der Waals surface area contributed by atoms with Crippen LogP contribution in [0, 0.1) is 0 Å². The lowest BCUT2D eigenvalue weighted by molar-refractivity contribution is -0.132. The summed E-state index contributed by atoms with van der Waals surface area (Å²) in [6, 6.07) is 5.04. The first kappa shape index (κ1) is 11.9. The normalized spacial score (nSPS) is 11.0. The summed E-state index contributed by atoms with van der Waals surface area (Å²) in [4.78, 5) is 10.6. The third kappa shape index (κ3) is 2.66. The standard InChI is InChI=1S/C11H13NO4/c1-15-8-3-4-10(16-2)7(5-8)6-9(12)11(13)14/h3-6H,12H2,1-2H3,(H,13,14)/b9-6+. The molecular formula is C11H13NO4. The summed E-state index contributed by atoms with van der Waals surface area (Å²) < 4.78 is 10.1. The maximum absolute atomic E-state index is 10.6. The van der Waals surface area contributed by atoms with Crippen LogP contribution in [0.1, 0.15) is 5.56 Å². The van der Waals surface area contributed by atoms with E-state index in [4.69, 9.17) is 20.3 Å². The Hall–Kier alpha value is -2.17. The van der Waals surface area contributed by atoms with Gasteiger partial charge in [0.1, 0.15) is 17.2 Å². The highest BCUT2D eigenvalue weighted by atomic mass is 16.5. The van der Waals surface area contributed by atoms with E-state index >= 15 is 0 Å². The average Bonchev–Trinajstić information content (AvgIpc) is 2.28. The Morgan fingerprint density at radius 3 is 2.56 bits per heavy atom. The average molecular weight is 223 g/mol. The van der Waals surface area contributed by atoms with Crippen LogP contribution in [0.4, 0.5) is 0 Å². The molecule has 0 aromatic heterocycles. The predicted octanol–water partition coefficient (Wildman–Crippen LogP) is 1.09. The molecule has 5 nitrogen and oxygen atoms in total. The SMILES string of the molecule is COc1ccc(OC)c(/C=C(/N)C(=O)O)c1. The Bertz CT molecular complexity index is 426. The van der Waals surface area contributed by atoms with E-state index in [9.17, 15) is 4.79 Å². The Morgan fingerprint density at radius 1 is 1.38 bits per heavy atom. The van der Waals surface area contributed by atoms with Gasteiger partial charge in [-0.25, -0.2) is 4.79 Å². The Labute approximate surface area is 93.1 Å². The van der Waals surface area contributed by atoms with Crippen molar-refractivity contribution in [3.8, 4) is 11.5 Å². The molecule has 0 saturated carbocycles. The van der Waals surface area contributed by atoms with Gasteiger partial charge in [0.2, 0.25) is 0 Å². The number of rotatable bonds is 4. The lowest BCUT2D eigenvalue weighted by Gasteiger charge is -2.07. The van der Waals surface area contributed by atoms with E-state index in [1.54, 1.807) is 18.2 Å². The van der Waals surface area contributed by atoms with Gasteiger partial charge in [0.15, 0.2) is 0 Å². The van der Waals surface area contributed by atoms with E-state index in [0.717, 1.165) is 0 Å². The van der Waals surface area contributed by atoms with Crippen LogP contribution in [0.15, 0.2) is 23.9 Å². The van der Waals surface area contributed by atoms with Gasteiger partial charge in [-0.15, -0.1) is 0 Å². The molecule has 5 heteroatoms. The number of carbonyl (C=O) groups is 1. The molecule has 0 fully saturated rings. The molecule has 0 amide bonds. The summed E-state index contributed by atoms with van der Waals surface area (Å²) in [5.41, 5.74) is 5.63. The van der Waals surface area contributed by atoms with E-state index in [1.807, 2.05) is 0 Å². The number of ether oxygens (including phenoxy) is 2. The fraction of sp³-hybridized carbons (Fsp3) is 0.182. The highest BCUT2D eigenvalue weighted by molar-refractivity contribution is 5.91. The monoisotopic (exact) mass is 223 g/mol. The summed E-state index contributed by atoms with van der Waals surface area (Å²) in [5, 5.41) is 8.67. The third-order valence-electron chi connectivity index (χ3n) is 1.99. The second-order valence-electron chi connectivity index (χ2n) is 3.01. The fourth-order valence-corrected chi connectivity index (χ4v) is 1.18. The quantitative estimate of drug-likeness (QED) is 0.746. The minimum atomic E-state index is -1.18. The largest absolute Gasteiger partial charge is 0.497 e. The fourth-order valence-electron chi connectivity index (χ4n) is 1.18. The maximum Gasteiger partial charge on any atom is 0.351 e. The zero-order valence-corrected chi connectivity index (χ0v) is 9.06. The third-order valence-corrected chi connectivity index (χ3v) is 1.99. The number of hydrogen-bond acceptors (Lipinski definition) is 4. The maximum atomic E-state index is 10.6. The van der Waals surface area contributed by atoms with Crippen LogP contribution in [0.25, 0.3) is 6.08 Å². The molecule has 0 atom stereocenters. The van der Waals surface area contributed by atoms with Gasteiger partial charge in [0.25, 0.3) is 0 Å². The van der Waals surface area contributed by atoms with Crippen LogP contribution >= 0.6 is 0 Å². The molecule has 16 heavy (non-hydrogen) atoms. The summed E-state index contributed by atoms with van der Waals surface area (Å²) >= 11 is 0. The van der Waals surface area contributed by atoms with Gasteiger partial charge in [-0.3, -0.25) is 0 Å². The molecule has 0 heterocycles. The Kier molecular flexibility index (Phi) is 3.77. The number of methoxy groups -OCH3 is 2. The van der Waals surface area contributed by atoms with Gasteiger partial charge in [-0.05, 0) is 24.3 Å². The zero-order valence-electron chi connectivity index (χ0n) is 9.06. The molecule has 0 saturated heterocycles. The summed E-state index contributed by atoms with van der Waals surface area (Å²) in [6.45, 7) is 0. The van der Waals surface area contributed by atoms with Crippen LogP contribution in [-0.2, 0) is 4.79 Å². The van der Waals surface area contributed by atoms with Crippen molar-refractivity contribution in [2.45, 2.75) is 0 Å². The first-order valence-corrected chi connectivity index (χ1v) is 4.51. The van der Waals surface area contributed by atoms with Gasteiger partial charge >= 0.3 is 5.97 Å². The zero-order chi connectivity index (χ0) is 12.1. The van der Waals surface area contributed by atoms with E-state index in [-0.39, 0.29) is 5.70 Å². The first-order chi connectivity index (χ1) is 7.58. The number of carboxylic acids is 1. The molecule has 1 aromatic carbocycles. The van der Waals surface area contributed by atoms with Gasteiger partial charge in [0, 0.05) is 5.56 Å². The van der Waals surface area contributed by atoms with E-state index in [2.05, 4.69) is 0 Å². The van der Waals surface area contributed by atoms with Crippen LogP contribution in [0.5, 0.6) is 11.5 Å². The molecular weight excluding hydrogens is 210 g/mol. The number of nitrogens with two attached hydrogens (primary N) is 1. The van der Waals surface area contributed by atoms with Crippen LogP contribution in [0.2, 0.25) is 0 Å². The second-order valence-corrected chi connectivity index (χ2v) is 3.01. The molecule has 1 aromatic rings. The lowest BCUT2D eigenvalue weighted by Crippen LogP contribution is -2.09. The Balaban J connectivity index is 3.19. The molecule has 0 bridgehead atoms. The first-order valence-electron chi connectivity index (χ1n) is 4.51. The predicted molar refractivity (Wildman–Crippen MR) is 59.3 cm³/mol. The highest BCUT2D eigenvalue weighted by Gasteiger charge is 2.06. The van der Waals surface area contributed by atoms with Crippen LogP contribution < -0.4 is 15.2 Å². The minimum absolute atomic E-state index is 0.258. The van der Waals surface area contributed by atoms with Crippen molar-refractivity contribution in [1.82, 2.24) is 0 Å². The van der Waals surface area contributed by atoms with Gasteiger partial charge < -0.3 is 20.3 Å². The molecule has 0 spiro atoms. The number of aliphatic carboxylic acids is 1. The van der Waals surface area contributed by atoms with Crippen molar-refractivity contribution < 1.29 is 19.4 Å². The molecule has 3 N–H and O–H groups in total. The number of benzene rings is 1. The number of hydrogen-bond donors (Lipinski definition) is 2. The Morgan fingerprint density at radius 2 is 2.06 bits per heavy atom. The molecule has 0 aliphatic heterocycles. The lowest BCUT2D eigenvalue weighted by atomic mass is 10.1. The van der Waals surface area contributed by atoms with Crippen molar-refractivity contribution in [2.75, 3.05) is 14.2 Å². The van der Waals surface area contributed by atoms with E-state index in [1.165, 1.54) is 20.3 Å². The smallest absolute Gasteiger partial charge is 0.351 e. The molecule has 0 aliphatic rings. The summed E-state index contributed by atoms with van der Waals surface area (Å²) in [7, 11) is 3.02. The molecule has 0 aliphatic carbocycles. The van der Waals surface area contributed by atoms with Crippen molar-refractivity contribution in [2.24, 2.45) is 5.73 Å². The minimum Gasteiger partial charge on any atom is -0.497 e.